The summed E-state index contributed by atoms with van der Waals surface area (Å²) in [5, 5.41) is 0.993. The predicted octanol–water partition coefficient (Wildman–Crippen LogP) is 3.52. The van der Waals surface area contributed by atoms with Crippen LogP contribution in [0.3, 0.4) is 0 Å². The highest BCUT2D eigenvalue weighted by Crippen LogP contribution is 2.31. The topological polar surface area (TPSA) is 61.0 Å². The zero-order valence-electron chi connectivity index (χ0n) is 9.31. The van der Waals surface area contributed by atoms with Crippen LogP contribution in [0.1, 0.15) is 19.2 Å². The molecule has 2 aromatic rings. The number of ether oxygens (including phenoxy) is 1. The van der Waals surface area contributed by atoms with E-state index in [1.807, 2.05) is 0 Å². The first kappa shape index (κ1) is 12.1. The van der Waals surface area contributed by atoms with Crippen LogP contribution >= 0.6 is 23.1 Å². The van der Waals surface area contributed by atoms with Gasteiger partial charge in [0.15, 0.2) is 5.75 Å². The predicted molar refractivity (Wildman–Crippen MR) is 69.8 cm³/mol. The SMILES string of the molecule is CCCc1nsc(Oc2cc(N)ccc2Cl)n1. The third-order valence-corrected chi connectivity index (χ3v) is 3.02. The van der Waals surface area contributed by atoms with Gasteiger partial charge in [-0.3, -0.25) is 0 Å². The summed E-state index contributed by atoms with van der Waals surface area (Å²) < 4.78 is 9.74. The molecule has 0 unspecified atom stereocenters. The Balaban J connectivity index is 2.16. The highest BCUT2D eigenvalue weighted by Gasteiger charge is 2.08. The number of nitrogens with zero attached hydrogens (tertiary/aromatic N) is 2. The first-order valence-corrected chi connectivity index (χ1v) is 6.39. The Bertz CT molecular complexity index is 515. The minimum atomic E-state index is 0.487. The van der Waals surface area contributed by atoms with Crippen LogP contribution < -0.4 is 10.5 Å². The fourth-order valence-electron chi connectivity index (χ4n) is 1.30. The van der Waals surface area contributed by atoms with Gasteiger partial charge in [0.1, 0.15) is 5.82 Å². The lowest BCUT2D eigenvalue weighted by Crippen LogP contribution is -1.90. The van der Waals surface area contributed by atoms with E-state index in [2.05, 4.69) is 16.3 Å². The molecule has 1 aromatic heterocycles. The molecular formula is C11H12ClN3OS. The molecule has 0 amide bonds. The highest BCUT2D eigenvalue weighted by atomic mass is 35.5. The van der Waals surface area contributed by atoms with E-state index in [0.717, 1.165) is 18.7 Å². The lowest BCUT2D eigenvalue weighted by atomic mass is 10.3. The highest BCUT2D eigenvalue weighted by molar-refractivity contribution is 7.07. The molecular weight excluding hydrogens is 258 g/mol. The minimum Gasteiger partial charge on any atom is -0.428 e. The van der Waals surface area contributed by atoms with E-state index in [0.29, 0.717) is 21.7 Å². The van der Waals surface area contributed by atoms with Gasteiger partial charge >= 0.3 is 0 Å². The summed E-state index contributed by atoms with van der Waals surface area (Å²) in [6.45, 7) is 2.08. The van der Waals surface area contributed by atoms with Crippen molar-refractivity contribution in [1.82, 2.24) is 9.36 Å². The van der Waals surface area contributed by atoms with Crippen LogP contribution in [0.25, 0.3) is 0 Å². The van der Waals surface area contributed by atoms with Gasteiger partial charge in [-0.1, -0.05) is 18.5 Å². The molecule has 6 heteroatoms. The van der Waals surface area contributed by atoms with E-state index in [4.69, 9.17) is 22.1 Å². The van der Waals surface area contributed by atoms with Crippen LogP contribution in [0.15, 0.2) is 18.2 Å². The number of nitrogens with two attached hydrogens (primary N) is 1. The van der Waals surface area contributed by atoms with Crippen LogP contribution in [-0.2, 0) is 6.42 Å². The van der Waals surface area contributed by atoms with Crippen LogP contribution in [0, 0.1) is 0 Å². The second-order valence-electron chi connectivity index (χ2n) is 3.52. The molecule has 0 aliphatic heterocycles. The fraction of sp³-hybridized carbons (Fsp3) is 0.273. The molecule has 4 nitrogen and oxygen atoms in total. The summed E-state index contributed by atoms with van der Waals surface area (Å²) in [5.74, 6) is 1.30. The Kier molecular flexibility index (Phi) is 3.81. The maximum Gasteiger partial charge on any atom is 0.298 e. The Hall–Kier alpha value is -1.33. The molecule has 0 aliphatic rings. The van der Waals surface area contributed by atoms with Crippen LogP contribution in [0.5, 0.6) is 10.9 Å². The van der Waals surface area contributed by atoms with Crippen molar-refractivity contribution in [3.8, 4) is 10.9 Å². The zero-order chi connectivity index (χ0) is 12.3. The second kappa shape index (κ2) is 5.33. The Morgan fingerprint density at radius 3 is 3.06 bits per heavy atom. The molecule has 2 N–H and O–H groups in total. The van der Waals surface area contributed by atoms with Gasteiger partial charge in [0, 0.05) is 29.7 Å². The maximum atomic E-state index is 5.99. The summed E-state index contributed by atoms with van der Waals surface area (Å²) in [5.41, 5.74) is 6.26. The average molecular weight is 270 g/mol. The number of hydrogen-bond acceptors (Lipinski definition) is 5. The molecule has 1 heterocycles. The largest absolute Gasteiger partial charge is 0.428 e. The monoisotopic (exact) mass is 269 g/mol. The molecule has 0 saturated heterocycles. The van der Waals surface area contributed by atoms with Crippen LogP contribution in [-0.4, -0.2) is 9.36 Å². The van der Waals surface area contributed by atoms with Gasteiger partial charge in [0.25, 0.3) is 5.19 Å². The molecule has 0 saturated carbocycles. The average Bonchev–Trinajstić information content (AvgIpc) is 2.72. The van der Waals surface area contributed by atoms with Gasteiger partial charge < -0.3 is 10.5 Å². The molecule has 2 rings (SSSR count). The molecule has 0 radical (unpaired) electrons. The summed E-state index contributed by atoms with van der Waals surface area (Å²) >= 11 is 7.21. The number of benzene rings is 1. The van der Waals surface area contributed by atoms with Crippen molar-refractivity contribution in [1.29, 1.82) is 0 Å². The first-order valence-electron chi connectivity index (χ1n) is 5.24. The smallest absolute Gasteiger partial charge is 0.298 e. The number of halogens is 1. The van der Waals surface area contributed by atoms with Gasteiger partial charge in [0.05, 0.1) is 5.02 Å². The molecule has 17 heavy (non-hydrogen) atoms. The van der Waals surface area contributed by atoms with Gasteiger partial charge in [0.2, 0.25) is 0 Å². The van der Waals surface area contributed by atoms with Crippen molar-refractivity contribution in [2.24, 2.45) is 0 Å². The Labute approximate surface area is 109 Å². The fourth-order valence-corrected chi connectivity index (χ4v) is 2.04. The minimum absolute atomic E-state index is 0.487. The molecule has 0 aliphatic carbocycles. The van der Waals surface area contributed by atoms with E-state index in [9.17, 15) is 0 Å². The summed E-state index contributed by atoms with van der Waals surface area (Å²) in [6.07, 6.45) is 1.86. The first-order chi connectivity index (χ1) is 8.19. The van der Waals surface area contributed by atoms with Gasteiger partial charge in [-0.15, -0.1) is 0 Å². The summed E-state index contributed by atoms with van der Waals surface area (Å²) in [4.78, 5) is 4.25. The quantitative estimate of drug-likeness (QED) is 0.863. The lowest BCUT2D eigenvalue weighted by molar-refractivity contribution is 0.477. The number of rotatable bonds is 4. The number of hydrogen-bond donors (Lipinski definition) is 1. The normalized spacial score (nSPS) is 10.5. The van der Waals surface area contributed by atoms with E-state index in [-0.39, 0.29) is 0 Å². The van der Waals surface area contributed by atoms with E-state index in [1.54, 1.807) is 18.2 Å². The number of aromatic nitrogens is 2. The van der Waals surface area contributed by atoms with Crippen LogP contribution in [0.2, 0.25) is 5.02 Å². The van der Waals surface area contributed by atoms with Crippen molar-refractivity contribution < 1.29 is 4.74 Å². The molecule has 90 valence electrons. The molecule has 0 spiro atoms. The van der Waals surface area contributed by atoms with Crippen molar-refractivity contribution in [3.63, 3.8) is 0 Å². The van der Waals surface area contributed by atoms with Crippen molar-refractivity contribution in [3.05, 3.63) is 29.0 Å². The summed E-state index contributed by atoms with van der Waals surface area (Å²) in [7, 11) is 0. The Morgan fingerprint density at radius 1 is 1.47 bits per heavy atom. The lowest BCUT2D eigenvalue weighted by Gasteiger charge is -2.04. The standard InChI is InChI=1S/C11H12ClN3OS/c1-2-3-10-14-11(17-15-10)16-9-6-7(13)4-5-8(9)12/h4-6H,2-3,13H2,1H3. The van der Waals surface area contributed by atoms with Crippen molar-refractivity contribution in [2.45, 2.75) is 19.8 Å². The van der Waals surface area contributed by atoms with Gasteiger partial charge in [-0.05, 0) is 18.6 Å². The van der Waals surface area contributed by atoms with Crippen LogP contribution in [0.4, 0.5) is 5.69 Å². The number of anilines is 1. The number of aryl methyl sites for hydroxylation is 1. The number of nitrogen functional groups attached to an aromatic ring is 1. The van der Waals surface area contributed by atoms with Gasteiger partial charge in [-0.2, -0.15) is 9.36 Å². The Morgan fingerprint density at radius 2 is 2.29 bits per heavy atom. The van der Waals surface area contributed by atoms with Gasteiger partial charge in [-0.25, -0.2) is 0 Å². The maximum absolute atomic E-state index is 5.99. The van der Waals surface area contributed by atoms with E-state index < -0.39 is 0 Å². The van der Waals surface area contributed by atoms with Crippen molar-refractivity contribution in [2.75, 3.05) is 5.73 Å². The zero-order valence-corrected chi connectivity index (χ0v) is 10.9. The molecule has 0 atom stereocenters. The second-order valence-corrected chi connectivity index (χ2v) is 4.64. The third kappa shape index (κ3) is 3.08. The van der Waals surface area contributed by atoms with E-state index >= 15 is 0 Å². The third-order valence-electron chi connectivity index (χ3n) is 2.08. The molecule has 0 bridgehead atoms. The molecule has 0 fully saturated rings. The van der Waals surface area contributed by atoms with E-state index in [1.165, 1.54) is 11.5 Å². The van der Waals surface area contributed by atoms with Crippen molar-refractivity contribution >= 4 is 28.8 Å². The molecule has 1 aromatic carbocycles. The summed E-state index contributed by atoms with van der Waals surface area (Å²) in [6, 6.07) is 5.08.